The molecule has 0 N–H and O–H groups in total. The van der Waals surface area contributed by atoms with Crippen molar-refractivity contribution in [1.82, 2.24) is 5.12 Å². The second-order valence-electron chi connectivity index (χ2n) is 1.82. The summed E-state index contributed by atoms with van der Waals surface area (Å²) in [6.45, 7) is 7.33. The molecule has 0 radical (unpaired) electrons. The Hall–Kier alpha value is -0.860. The molecule has 0 heterocycles. The van der Waals surface area contributed by atoms with E-state index in [4.69, 9.17) is 0 Å². The summed E-state index contributed by atoms with van der Waals surface area (Å²) in [5.74, 6) is 0. The van der Waals surface area contributed by atoms with Gasteiger partial charge in [0.05, 0.1) is 0 Å². The molecule has 0 aliphatic rings. The smallest absolute Gasteiger partial charge is 0.0495 e. The van der Waals surface area contributed by atoms with E-state index in [-0.39, 0.29) is 0 Å². The summed E-state index contributed by atoms with van der Waals surface area (Å²) in [5, 5.41) is 9.06. The Labute approximate surface area is 56.1 Å². The Morgan fingerprint density at radius 1 is 1.67 bits per heavy atom. The summed E-state index contributed by atoms with van der Waals surface area (Å²) in [6, 6.07) is 0. The lowest BCUT2D eigenvalue weighted by molar-refractivity contribution is 0.380. The van der Waals surface area contributed by atoms with Crippen molar-refractivity contribution >= 4 is 12.4 Å². The number of hydrazone groups is 2. The molecule has 0 amide bonds. The van der Waals surface area contributed by atoms with E-state index in [2.05, 4.69) is 23.8 Å². The summed E-state index contributed by atoms with van der Waals surface area (Å²) in [5.41, 5.74) is 1.06. The molecule has 0 aromatic carbocycles. The highest BCUT2D eigenvalue weighted by atomic mass is 15.6. The fraction of sp³-hybridized carbons (Fsp3) is 0.667. The lowest BCUT2D eigenvalue weighted by atomic mass is 10.3. The molecular formula is C6H13N3. The molecule has 0 rings (SSSR count). The zero-order chi connectivity index (χ0) is 7.28. The summed E-state index contributed by atoms with van der Waals surface area (Å²) in [7, 11) is 1.76. The Balaban J connectivity index is 3.78. The third-order valence-corrected chi connectivity index (χ3v) is 1.03. The number of rotatable bonds is 3. The fourth-order valence-electron chi connectivity index (χ4n) is 0.349. The topological polar surface area (TPSA) is 28.0 Å². The monoisotopic (exact) mass is 127 g/mol. The Morgan fingerprint density at radius 3 is 2.56 bits per heavy atom. The van der Waals surface area contributed by atoms with Gasteiger partial charge in [0.1, 0.15) is 0 Å². The van der Waals surface area contributed by atoms with Crippen molar-refractivity contribution in [3.8, 4) is 0 Å². The second kappa shape index (κ2) is 4.06. The minimum Gasteiger partial charge on any atom is -0.189 e. The lowest BCUT2D eigenvalue weighted by Crippen LogP contribution is -2.04. The highest BCUT2D eigenvalue weighted by Crippen LogP contribution is 1.88. The van der Waals surface area contributed by atoms with E-state index >= 15 is 0 Å². The van der Waals surface area contributed by atoms with Gasteiger partial charge in [-0.05, 0) is 13.3 Å². The van der Waals surface area contributed by atoms with Gasteiger partial charge < -0.3 is 0 Å². The average Bonchev–Trinajstić information content (AvgIpc) is 1.87. The molecule has 0 spiro atoms. The molecule has 3 heteroatoms. The van der Waals surface area contributed by atoms with E-state index in [1.165, 1.54) is 5.12 Å². The van der Waals surface area contributed by atoms with Gasteiger partial charge in [-0.15, -0.1) is 0 Å². The molecule has 0 saturated heterocycles. The van der Waals surface area contributed by atoms with Crippen LogP contribution in [0.15, 0.2) is 10.2 Å². The van der Waals surface area contributed by atoms with Crippen molar-refractivity contribution in [2.45, 2.75) is 20.3 Å². The van der Waals surface area contributed by atoms with Crippen LogP contribution in [0.3, 0.4) is 0 Å². The van der Waals surface area contributed by atoms with Crippen molar-refractivity contribution in [2.24, 2.45) is 10.2 Å². The van der Waals surface area contributed by atoms with Gasteiger partial charge in [-0.25, -0.2) is 0 Å². The minimum atomic E-state index is 0.958. The third-order valence-electron chi connectivity index (χ3n) is 1.03. The van der Waals surface area contributed by atoms with Crippen LogP contribution in [-0.4, -0.2) is 24.6 Å². The number of hydrogen-bond acceptors (Lipinski definition) is 3. The molecule has 0 saturated carbocycles. The first-order valence-electron chi connectivity index (χ1n) is 2.95. The molecule has 52 valence electrons. The normalized spacial score (nSPS) is 11.2. The van der Waals surface area contributed by atoms with Gasteiger partial charge in [-0.3, -0.25) is 0 Å². The zero-order valence-corrected chi connectivity index (χ0v) is 6.26. The highest BCUT2D eigenvalue weighted by molar-refractivity contribution is 5.81. The Bertz CT molecular complexity index is 117. The van der Waals surface area contributed by atoms with E-state index in [9.17, 15) is 0 Å². The largest absolute Gasteiger partial charge is 0.189 e. The SMILES string of the molecule is C=NN(C)/N=C(\C)CC. The van der Waals surface area contributed by atoms with Gasteiger partial charge in [-0.2, -0.15) is 15.3 Å². The summed E-state index contributed by atoms with van der Waals surface area (Å²) < 4.78 is 0. The zero-order valence-electron chi connectivity index (χ0n) is 6.26. The second-order valence-corrected chi connectivity index (χ2v) is 1.82. The van der Waals surface area contributed by atoms with Gasteiger partial charge >= 0.3 is 0 Å². The van der Waals surface area contributed by atoms with Crippen molar-refractivity contribution < 1.29 is 0 Å². The van der Waals surface area contributed by atoms with Crippen LogP contribution in [0.2, 0.25) is 0 Å². The molecule has 0 aromatic heterocycles. The van der Waals surface area contributed by atoms with Crippen molar-refractivity contribution in [3.05, 3.63) is 0 Å². The van der Waals surface area contributed by atoms with Crippen LogP contribution in [0.5, 0.6) is 0 Å². The average molecular weight is 127 g/mol. The quantitative estimate of drug-likeness (QED) is 0.415. The Kier molecular flexibility index (Phi) is 3.67. The molecule has 9 heavy (non-hydrogen) atoms. The van der Waals surface area contributed by atoms with E-state index in [0.29, 0.717) is 0 Å². The van der Waals surface area contributed by atoms with Gasteiger partial charge in [0.25, 0.3) is 0 Å². The van der Waals surface area contributed by atoms with Gasteiger partial charge in [0.2, 0.25) is 0 Å². The molecule has 0 unspecified atom stereocenters. The molecule has 0 aromatic rings. The predicted molar refractivity (Wildman–Crippen MR) is 40.7 cm³/mol. The van der Waals surface area contributed by atoms with Crippen LogP contribution in [0.1, 0.15) is 20.3 Å². The minimum absolute atomic E-state index is 0.958. The van der Waals surface area contributed by atoms with Gasteiger partial charge in [-0.1, -0.05) is 6.92 Å². The molecular weight excluding hydrogens is 114 g/mol. The lowest BCUT2D eigenvalue weighted by Gasteiger charge is -2.04. The maximum absolute atomic E-state index is 4.03. The molecule has 0 aliphatic carbocycles. The number of nitrogens with zero attached hydrogens (tertiary/aromatic N) is 3. The summed E-state index contributed by atoms with van der Waals surface area (Å²) in [6.07, 6.45) is 0.958. The first kappa shape index (κ1) is 8.14. The summed E-state index contributed by atoms with van der Waals surface area (Å²) in [4.78, 5) is 0. The Morgan fingerprint density at radius 2 is 2.22 bits per heavy atom. The maximum Gasteiger partial charge on any atom is 0.0495 e. The molecule has 0 aliphatic heterocycles. The molecule has 3 nitrogen and oxygen atoms in total. The van der Waals surface area contributed by atoms with Crippen LogP contribution in [-0.2, 0) is 0 Å². The predicted octanol–water partition coefficient (Wildman–Crippen LogP) is 1.32. The van der Waals surface area contributed by atoms with E-state index in [0.717, 1.165) is 12.1 Å². The van der Waals surface area contributed by atoms with Crippen LogP contribution in [0, 0.1) is 0 Å². The van der Waals surface area contributed by atoms with Crippen LogP contribution in [0.25, 0.3) is 0 Å². The highest BCUT2D eigenvalue weighted by Gasteiger charge is 1.86. The van der Waals surface area contributed by atoms with Crippen LogP contribution < -0.4 is 0 Å². The van der Waals surface area contributed by atoms with Gasteiger partial charge in [0.15, 0.2) is 0 Å². The standard InChI is InChI=1S/C6H13N3/c1-5-6(2)8-9(4)7-3/h3,5H2,1-2,4H3/b8-6+. The van der Waals surface area contributed by atoms with Crippen molar-refractivity contribution in [1.29, 1.82) is 0 Å². The molecule has 0 fully saturated rings. The molecule has 0 atom stereocenters. The fourth-order valence-corrected chi connectivity index (χ4v) is 0.349. The van der Waals surface area contributed by atoms with Crippen molar-refractivity contribution in [2.75, 3.05) is 7.05 Å². The first-order valence-corrected chi connectivity index (χ1v) is 2.95. The van der Waals surface area contributed by atoms with E-state index in [1.807, 2.05) is 6.92 Å². The van der Waals surface area contributed by atoms with Crippen LogP contribution >= 0.6 is 0 Å². The van der Waals surface area contributed by atoms with Gasteiger partial charge in [0, 0.05) is 19.5 Å². The van der Waals surface area contributed by atoms with E-state index in [1.54, 1.807) is 7.05 Å². The number of hydrogen-bond donors (Lipinski definition) is 0. The summed E-state index contributed by atoms with van der Waals surface area (Å²) >= 11 is 0. The first-order chi connectivity index (χ1) is 4.20. The maximum atomic E-state index is 4.03. The molecule has 0 bridgehead atoms. The van der Waals surface area contributed by atoms with Crippen LogP contribution in [0.4, 0.5) is 0 Å². The van der Waals surface area contributed by atoms with E-state index < -0.39 is 0 Å². The van der Waals surface area contributed by atoms with Crippen molar-refractivity contribution in [3.63, 3.8) is 0 Å². The third kappa shape index (κ3) is 3.70.